The second kappa shape index (κ2) is 7.32. The van der Waals surface area contributed by atoms with E-state index in [1.807, 2.05) is 0 Å². The predicted octanol–water partition coefficient (Wildman–Crippen LogP) is -0.683. The van der Waals surface area contributed by atoms with E-state index in [0.29, 0.717) is 19.0 Å². The molecule has 0 unspecified atom stereocenters. The van der Waals surface area contributed by atoms with Gasteiger partial charge in [0.15, 0.2) is 0 Å². The number of aromatic nitrogens is 2. The monoisotopic (exact) mass is 283 g/mol. The van der Waals surface area contributed by atoms with Crippen LogP contribution in [0.3, 0.4) is 0 Å². The molecule has 1 amide bonds. The van der Waals surface area contributed by atoms with Crippen LogP contribution >= 0.6 is 0 Å². The van der Waals surface area contributed by atoms with E-state index in [2.05, 4.69) is 25.3 Å². The number of anilines is 1. The van der Waals surface area contributed by atoms with Crippen molar-refractivity contribution in [2.24, 2.45) is 0 Å². The molecule has 2 heterocycles. The smallest absolute Gasteiger partial charge is 0.322 e. The van der Waals surface area contributed by atoms with E-state index in [0.717, 1.165) is 32.6 Å². The third-order valence-electron chi connectivity index (χ3n) is 3.24. The Labute approximate surface area is 117 Å². The number of aliphatic hydroxyl groups is 1. The van der Waals surface area contributed by atoms with Crippen molar-refractivity contribution in [1.82, 2.24) is 20.0 Å². The number of nitrogens with one attached hydrogen (secondary N) is 1. The van der Waals surface area contributed by atoms with Gasteiger partial charge in [-0.05, 0) is 19.5 Å². The number of hydrogen-bond acceptors (Lipinski definition) is 7. The Morgan fingerprint density at radius 1 is 1.30 bits per heavy atom. The predicted molar refractivity (Wildman–Crippen MR) is 72.2 cm³/mol. The molecule has 0 spiro atoms. The van der Waals surface area contributed by atoms with Crippen LogP contribution < -0.4 is 5.32 Å². The maximum absolute atomic E-state index is 11.9. The number of nitrogens with zero attached hydrogens (tertiary/aromatic N) is 4. The van der Waals surface area contributed by atoms with Crippen LogP contribution in [0.25, 0.3) is 0 Å². The lowest BCUT2D eigenvalue weighted by atomic mass is 10.3. The zero-order valence-electron chi connectivity index (χ0n) is 11.7. The van der Waals surface area contributed by atoms with Crippen LogP contribution in [0.4, 0.5) is 6.01 Å². The van der Waals surface area contributed by atoms with Gasteiger partial charge < -0.3 is 9.52 Å². The highest BCUT2D eigenvalue weighted by Gasteiger charge is 2.17. The fourth-order valence-corrected chi connectivity index (χ4v) is 2.26. The van der Waals surface area contributed by atoms with Crippen LogP contribution in [0.1, 0.15) is 12.3 Å². The molecular formula is C12H21N5O3. The molecule has 1 fully saturated rings. The third-order valence-corrected chi connectivity index (χ3v) is 3.24. The summed E-state index contributed by atoms with van der Waals surface area (Å²) in [5.74, 6) is 0.277. The summed E-state index contributed by atoms with van der Waals surface area (Å²) < 4.78 is 5.11. The van der Waals surface area contributed by atoms with Gasteiger partial charge >= 0.3 is 6.01 Å². The van der Waals surface area contributed by atoms with Gasteiger partial charge in [-0.1, -0.05) is 5.10 Å². The molecule has 112 valence electrons. The molecule has 0 aromatic carbocycles. The quantitative estimate of drug-likeness (QED) is 0.739. The van der Waals surface area contributed by atoms with Gasteiger partial charge in [0.05, 0.1) is 13.2 Å². The lowest BCUT2D eigenvalue weighted by Gasteiger charge is -2.20. The van der Waals surface area contributed by atoms with E-state index < -0.39 is 0 Å². The standard InChI is InChI=1S/C12H21N5O3/c1-10-14-15-12(20-10)13-11(19)9-17-4-2-3-16(5-6-17)7-8-18/h18H,2-9H2,1H3,(H,13,15,19). The minimum absolute atomic E-state index is 0.143. The fourth-order valence-electron chi connectivity index (χ4n) is 2.26. The van der Waals surface area contributed by atoms with Crippen LogP contribution in [-0.2, 0) is 4.79 Å². The van der Waals surface area contributed by atoms with Crippen molar-refractivity contribution in [2.45, 2.75) is 13.3 Å². The number of aliphatic hydroxyl groups excluding tert-OH is 1. The molecule has 2 rings (SSSR count). The minimum atomic E-state index is -0.149. The molecule has 20 heavy (non-hydrogen) atoms. The summed E-state index contributed by atoms with van der Waals surface area (Å²) in [5.41, 5.74) is 0. The van der Waals surface area contributed by atoms with Gasteiger partial charge in [-0.3, -0.25) is 19.9 Å². The Morgan fingerprint density at radius 2 is 2.05 bits per heavy atom. The summed E-state index contributed by atoms with van der Waals surface area (Å²) in [6, 6.07) is 0.143. The Balaban J connectivity index is 1.76. The zero-order chi connectivity index (χ0) is 14.4. The first-order valence-corrected chi connectivity index (χ1v) is 6.83. The number of β-amino-alcohol motifs (C(OH)–C–C–N with tert-alkyl or cyclic N) is 1. The van der Waals surface area contributed by atoms with Gasteiger partial charge in [0.25, 0.3) is 0 Å². The van der Waals surface area contributed by atoms with E-state index >= 15 is 0 Å². The molecular weight excluding hydrogens is 262 g/mol. The minimum Gasteiger partial charge on any atom is -0.408 e. The molecule has 1 saturated heterocycles. The first kappa shape index (κ1) is 14.9. The Kier molecular flexibility index (Phi) is 5.45. The van der Waals surface area contributed by atoms with E-state index in [9.17, 15) is 4.79 Å². The second-order valence-corrected chi connectivity index (χ2v) is 4.87. The topological polar surface area (TPSA) is 94.7 Å². The number of carbonyl (C=O) groups is 1. The lowest BCUT2D eigenvalue weighted by molar-refractivity contribution is -0.117. The van der Waals surface area contributed by atoms with E-state index in [4.69, 9.17) is 9.52 Å². The largest absolute Gasteiger partial charge is 0.408 e. The highest BCUT2D eigenvalue weighted by molar-refractivity contribution is 5.90. The number of carbonyl (C=O) groups excluding carboxylic acids is 1. The van der Waals surface area contributed by atoms with Crippen molar-refractivity contribution in [1.29, 1.82) is 0 Å². The Morgan fingerprint density at radius 3 is 2.75 bits per heavy atom. The summed E-state index contributed by atoms with van der Waals surface area (Å²) in [5, 5.41) is 18.9. The zero-order valence-corrected chi connectivity index (χ0v) is 11.7. The molecule has 0 aliphatic carbocycles. The van der Waals surface area contributed by atoms with Crippen molar-refractivity contribution in [3.63, 3.8) is 0 Å². The maximum atomic E-state index is 11.9. The molecule has 0 bridgehead atoms. The third kappa shape index (κ3) is 4.55. The average molecular weight is 283 g/mol. The summed E-state index contributed by atoms with van der Waals surface area (Å²) >= 11 is 0. The van der Waals surface area contributed by atoms with Crippen molar-refractivity contribution in [3.05, 3.63) is 5.89 Å². The number of aryl methyl sites for hydroxylation is 1. The summed E-state index contributed by atoms with van der Waals surface area (Å²) in [4.78, 5) is 16.2. The maximum Gasteiger partial charge on any atom is 0.322 e. The molecule has 8 nitrogen and oxygen atoms in total. The molecule has 1 aromatic rings. The molecule has 2 N–H and O–H groups in total. The van der Waals surface area contributed by atoms with Gasteiger partial charge in [-0.15, -0.1) is 5.10 Å². The first-order valence-electron chi connectivity index (χ1n) is 6.83. The van der Waals surface area contributed by atoms with E-state index in [-0.39, 0.29) is 18.5 Å². The van der Waals surface area contributed by atoms with E-state index in [1.54, 1.807) is 6.92 Å². The molecule has 1 aliphatic heterocycles. The van der Waals surface area contributed by atoms with Crippen LogP contribution in [0.5, 0.6) is 0 Å². The normalized spacial score (nSPS) is 17.9. The van der Waals surface area contributed by atoms with Gasteiger partial charge in [0.1, 0.15) is 0 Å². The fraction of sp³-hybridized carbons (Fsp3) is 0.750. The van der Waals surface area contributed by atoms with Crippen molar-refractivity contribution in [3.8, 4) is 0 Å². The SMILES string of the molecule is Cc1nnc(NC(=O)CN2CCCN(CCO)CC2)o1. The molecule has 8 heteroatoms. The lowest BCUT2D eigenvalue weighted by Crippen LogP contribution is -2.36. The highest BCUT2D eigenvalue weighted by atomic mass is 16.4. The van der Waals surface area contributed by atoms with Gasteiger partial charge in [0, 0.05) is 26.6 Å². The van der Waals surface area contributed by atoms with Crippen molar-refractivity contribution < 1.29 is 14.3 Å². The van der Waals surface area contributed by atoms with Crippen molar-refractivity contribution >= 4 is 11.9 Å². The summed E-state index contributed by atoms with van der Waals surface area (Å²) in [6.45, 7) is 6.38. The summed E-state index contributed by atoms with van der Waals surface area (Å²) in [6.07, 6.45) is 0.993. The van der Waals surface area contributed by atoms with Crippen LogP contribution in [-0.4, -0.2) is 76.9 Å². The molecule has 0 radical (unpaired) electrons. The van der Waals surface area contributed by atoms with Gasteiger partial charge in [0.2, 0.25) is 11.8 Å². The number of rotatable bonds is 5. The average Bonchev–Trinajstić information content (AvgIpc) is 2.67. The highest BCUT2D eigenvalue weighted by Crippen LogP contribution is 2.05. The van der Waals surface area contributed by atoms with Crippen LogP contribution in [0.15, 0.2) is 4.42 Å². The number of hydrogen-bond donors (Lipinski definition) is 2. The first-order chi connectivity index (χ1) is 9.67. The van der Waals surface area contributed by atoms with Crippen molar-refractivity contribution in [2.75, 3.05) is 51.2 Å². The Bertz CT molecular complexity index is 436. The van der Waals surface area contributed by atoms with Crippen LogP contribution in [0, 0.1) is 6.92 Å². The van der Waals surface area contributed by atoms with Gasteiger partial charge in [-0.25, -0.2) is 0 Å². The molecule has 0 saturated carbocycles. The Hall–Kier alpha value is -1.51. The second-order valence-electron chi connectivity index (χ2n) is 4.87. The van der Waals surface area contributed by atoms with Gasteiger partial charge in [-0.2, -0.15) is 0 Å². The molecule has 1 aliphatic rings. The van der Waals surface area contributed by atoms with Crippen LogP contribution in [0.2, 0.25) is 0 Å². The molecule has 0 atom stereocenters. The molecule has 1 aromatic heterocycles. The number of amides is 1. The summed E-state index contributed by atoms with van der Waals surface area (Å²) in [7, 11) is 0. The van der Waals surface area contributed by atoms with E-state index in [1.165, 1.54) is 0 Å².